The first kappa shape index (κ1) is 8.23. The molecule has 4 heteroatoms. The zero-order valence-corrected chi connectivity index (χ0v) is 6.25. The first-order valence-electron chi connectivity index (χ1n) is 2.44. The van der Waals surface area contributed by atoms with E-state index in [-0.39, 0.29) is 0 Å². The van der Waals surface area contributed by atoms with Gasteiger partial charge in [0.05, 0.1) is 10.6 Å². The van der Waals surface area contributed by atoms with Crippen LogP contribution in [0.4, 0.5) is 0 Å². The molecule has 0 fully saturated rings. The highest BCUT2D eigenvalue weighted by Gasteiger charge is 2.00. The molecular weight excluding hydrogens is 134 g/mol. The van der Waals surface area contributed by atoms with Crippen molar-refractivity contribution < 1.29 is 0 Å². The predicted octanol–water partition coefficient (Wildman–Crippen LogP) is 0.731. The average molecular weight is 143 g/mol. The molecule has 0 atom stereocenters. The Hall–Kier alpha value is -0.770. The van der Waals surface area contributed by atoms with E-state index in [0.717, 1.165) is 0 Å². The molecule has 0 aromatic carbocycles. The second-order valence-corrected chi connectivity index (χ2v) is 2.08. The van der Waals surface area contributed by atoms with Crippen LogP contribution in [0.15, 0.2) is 5.10 Å². The molecule has 0 saturated heterocycles. The molecule has 0 aromatic rings. The van der Waals surface area contributed by atoms with Crippen LogP contribution >= 0.6 is 12.2 Å². The fourth-order valence-corrected chi connectivity index (χ4v) is 0.383. The van der Waals surface area contributed by atoms with Crippen LogP contribution in [-0.2, 0) is 0 Å². The normalized spacial score (nSPS) is 11.1. The van der Waals surface area contributed by atoms with Crippen molar-refractivity contribution in [1.29, 1.82) is 5.41 Å². The molecule has 0 aliphatic carbocycles. The summed E-state index contributed by atoms with van der Waals surface area (Å²) in [5.41, 5.74) is 0.870. The zero-order chi connectivity index (χ0) is 7.44. The summed E-state index contributed by atoms with van der Waals surface area (Å²) in [6.07, 6.45) is 0. The Kier molecular flexibility index (Phi) is 3.01. The maximum atomic E-state index is 7.06. The Morgan fingerprint density at radius 2 is 2.00 bits per heavy atom. The van der Waals surface area contributed by atoms with Crippen LogP contribution in [0, 0.1) is 5.41 Å². The standard InChI is InChI=1S/C5H9N3S/c1-3(6)5(9)4(2)8-7/h6H,7H2,1-2H3. The van der Waals surface area contributed by atoms with Crippen molar-refractivity contribution in [2.24, 2.45) is 10.9 Å². The molecule has 0 aromatic heterocycles. The lowest BCUT2D eigenvalue weighted by Gasteiger charge is -1.95. The van der Waals surface area contributed by atoms with Crippen molar-refractivity contribution in [3.8, 4) is 0 Å². The lowest BCUT2D eigenvalue weighted by Crippen LogP contribution is -2.16. The summed E-state index contributed by atoms with van der Waals surface area (Å²) in [6.45, 7) is 3.29. The number of nitrogens with two attached hydrogens (primary N) is 1. The smallest absolute Gasteiger partial charge is 0.0811 e. The van der Waals surface area contributed by atoms with E-state index < -0.39 is 0 Å². The highest BCUT2D eigenvalue weighted by atomic mass is 32.1. The average Bonchev–Trinajstić information content (AvgIpc) is 1.84. The Bertz CT molecular complexity index is 171. The lowest BCUT2D eigenvalue weighted by molar-refractivity contribution is 1.25. The fraction of sp³-hybridized carbons (Fsp3) is 0.400. The highest BCUT2D eigenvalue weighted by Crippen LogP contribution is 1.84. The first-order chi connectivity index (χ1) is 4.09. The molecule has 0 amide bonds. The molecule has 0 radical (unpaired) electrons. The molecule has 50 valence electrons. The molecule has 0 aliphatic rings. The number of hydrogen-bond acceptors (Lipinski definition) is 4. The monoisotopic (exact) mass is 143 g/mol. The first-order valence-corrected chi connectivity index (χ1v) is 2.84. The minimum atomic E-state index is 0.330. The number of nitrogens with zero attached hydrogens (tertiary/aromatic N) is 1. The van der Waals surface area contributed by atoms with Crippen molar-refractivity contribution in [3.05, 3.63) is 0 Å². The van der Waals surface area contributed by atoms with Crippen molar-refractivity contribution in [1.82, 2.24) is 0 Å². The number of hydrogen-bond donors (Lipinski definition) is 2. The molecule has 0 rings (SSSR count). The summed E-state index contributed by atoms with van der Waals surface area (Å²) in [5, 5.41) is 10.4. The van der Waals surface area contributed by atoms with Crippen LogP contribution in [0.25, 0.3) is 0 Å². The van der Waals surface area contributed by atoms with Gasteiger partial charge >= 0.3 is 0 Å². The maximum Gasteiger partial charge on any atom is 0.0811 e. The molecule has 0 heterocycles. The summed E-state index contributed by atoms with van der Waals surface area (Å²) in [6, 6.07) is 0. The lowest BCUT2D eigenvalue weighted by atomic mass is 10.2. The molecule has 0 spiro atoms. The van der Waals surface area contributed by atoms with E-state index in [1.54, 1.807) is 13.8 Å². The van der Waals surface area contributed by atoms with Gasteiger partial charge in [0, 0.05) is 5.71 Å². The van der Waals surface area contributed by atoms with Crippen molar-refractivity contribution in [2.45, 2.75) is 13.8 Å². The Morgan fingerprint density at radius 3 is 2.11 bits per heavy atom. The van der Waals surface area contributed by atoms with Crippen molar-refractivity contribution in [2.75, 3.05) is 0 Å². The van der Waals surface area contributed by atoms with Gasteiger partial charge in [-0.15, -0.1) is 0 Å². The second-order valence-electron chi connectivity index (χ2n) is 1.67. The Balaban J connectivity index is 4.23. The maximum absolute atomic E-state index is 7.06. The van der Waals surface area contributed by atoms with Crippen LogP contribution in [0.3, 0.4) is 0 Å². The van der Waals surface area contributed by atoms with Crippen molar-refractivity contribution >= 4 is 28.5 Å². The number of thiocarbonyl (C=S) groups is 1. The van der Waals surface area contributed by atoms with Crippen LogP contribution in [0.1, 0.15) is 13.8 Å². The summed E-state index contributed by atoms with van der Waals surface area (Å²) in [5.74, 6) is 4.91. The summed E-state index contributed by atoms with van der Waals surface area (Å²) < 4.78 is 0. The number of rotatable bonds is 2. The molecule has 0 unspecified atom stereocenters. The van der Waals surface area contributed by atoms with Gasteiger partial charge in [0.2, 0.25) is 0 Å². The van der Waals surface area contributed by atoms with Gasteiger partial charge in [-0.1, -0.05) is 12.2 Å². The topological polar surface area (TPSA) is 62.2 Å². The SMILES string of the molecule is CC(=N)C(=S)C(C)=NN. The van der Waals surface area contributed by atoms with Gasteiger partial charge in [0.1, 0.15) is 0 Å². The van der Waals surface area contributed by atoms with Gasteiger partial charge in [0.15, 0.2) is 0 Å². The number of nitrogens with one attached hydrogen (secondary N) is 1. The Morgan fingerprint density at radius 1 is 1.56 bits per heavy atom. The minimum Gasteiger partial charge on any atom is -0.323 e. The summed E-state index contributed by atoms with van der Waals surface area (Å²) in [4.78, 5) is 0.428. The van der Waals surface area contributed by atoms with Gasteiger partial charge in [-0.05, 0) is 13.8 Å². The van der Waals surface area contributed by atoms with Crippen molar-refractivity contribution in [3.63, 3.8) is 0 Å². The van der Waals surface area contributed by atoms with E-state index in [2.05, 4.69) is 5.10 Å². The van der Waals surface area contributed by atoms with Gasteiger partial charge in [-0.3, -0.25) is 0 Å². The van der Waals surface area contributed by atoms with Crippen LogP contribution in [0.2, 0.25) is 0 Å². The van der Waals surface area contributed by atoms with Gasteiger partial charge in [0.25, 0.3) is 0 Å². The minimum absolute atomic E-state index is 0.330. The van der Waals surface area contributed by atoms with E-state index in [0.29, 0.717) is 16.3 Å². The molecule has 0 aliphatic heterocycles. The summed E-state index contributed by atoms with van der Waals surface area (Å²) in [7, 11) is 0. The molecule has 0 saturated carbocycles. The van der Waals surface area contributed by atoms with Crippen LogP contribution in [-0.4, -0.2) is 16.3 Å². The second kappa shape index (κ2) is 3.29. The van der Waals surface area contributed by atoms with E-state index in [4.69, 9.17) is 23.5 Å². The Labute approximate surface area is 59.4 Å². The van der Waals surface area contributed by atoms with Gasteiger partial charge in [-0.25, -0.2) is 0 Å². The molecule has 9 heavy (non-hydrogen) atoms. The molecule has 3 nitrogen and oxygen atoms in total. The third kappa shape index (κ3) is 2.32. The van der Waals surface area contributed by atoms with Gasteiger partial charge in [-0.2, -0.15) is 5.10 Å². The van der Waals surface area contributed by atoms with E-state index >= 15 is 0 Å². The highest BCUT2D eigenvalue weighted by molar-refractivity contribution is 7.84. The zero-order valence-electron chi connectivity index (χ0n) is 5.43. The van der Waals surface area contributed by atoms with Crippen LogP contribution in [0.5, 0.6) is 0 Å². The summed E-state index contributed by atoms with van der Waals surface area (Å²) >= 11 is 4.76. The third-order valence-electron chi connectivity index (χ3n) is 0.863. The predicted molar refractivity (Wildman–Crippen MR) is 43.3 cm³/mol. The molecule has 3 N–H and O–H groups in total. The van der Waals surface area contributed by atoms with Gasteiger partial charge < -0.3 is 11.3 Å². The third-order valence-corrected chi connectivity index (χ3v) is 1.46. The van der Waals surface area contributed by atoms with E-state index in [9.17, 15) is 0 Å². The molecular formula is C5H9N3S. The number of hydrazone groups is 1. The largest absolute Gasteiger partial charge is 0.323 e. The van der Waals surface area contributed by atoms with E-state index in [1.165, 1.54) is 0 Å². The molecule has 0 bridgehead atoms. The quantitative estimate of drug-likeness (QED) is 0.259. The van der Waals surface area contributed by atoms with E-state index in [1.807, 2.05) is 0 Å². The van der Waals surface area contributed by atoms with Crippen LogP contribution < -0.4 is 5.84 Å². The fourth-order valence-electron chi connectivity index (χ4n) is 0.330.